The van der Waals surface area contributed by atoms with Crippen LogP contribution in [0, 0.1) is 0 Å². The minimum atomic E-state index is -3.08. The second kappa shape index (κ2) is 5.18. The zero-order valence-electron chi connectivity index (χ0n) is 8.64. The molecule has 1 atom stereocenters. The summed E-state index contributed by atoms with van der Waals surface area (Å²) in [5.74, 6) is -0.187. The van der Waals surface area contributed by atoms with Crippen LogP contribution in [-0.4, -0.2) is 10.2 Å². The number of hydrogen-bond acceptors (Lipinski definition) is 3. The summed E-state index contributed by atoms with van der Waals surface area (Å²) in [6.45, 7) is 4.01. The zero-order chi connectivity index (χ0) is 11.5. The van der Waals surface area contributed by atoms with Crippen LogP contribution in [-0.2, 0) is 3.93 Å². The van der Waals surface area contributed by atoms with Crippen LogP contribution in [0.5, 0.6) is 0 Å². The first-order valence-electron chi connectivity index (χ1n) is 4.89. The van der Waals surface area contributed by atoms with E-state index in [4.69, 9.17) is 4.42 Å². The van der Waals surface area contributed by atoms with Crippen molar-refractivity contribution >= 4 is 22.6 Å². The number of rotatable bonds is 5. The average Bonchev–Trinajstić information content (AvgIpc) is 2.62. The van der Waals surface area contributed by atoms with Crippen LogP contribution in [0.1, 0.15) is 50.8 Å². The van der Waals surface area contributed by atoms with E-state index < -0.39 is 9.82 Å². The summed E-state index contributed by atoms with van der Waals surface area (Å²) in [4.78, 5) is 0. The molecule has 0 aliphatic heterocycles. The quantitative estimate of drug-likeness (QED) is 0.608. The highest BCUT2D eigenvalue weighted by atomic mass is 127. The molecule has 0 aliphatic carbocycles. The molecule has 0 aromatic carbocycles. The van der Waals surface area contributed by atoms with Crippen LogP contribution in [0.15, 0.2) is 4.42 Å². The molecule has 1 aromatic rings. The molecule has 0 saturated heterocycles. The molecule has 0 bridgehead atoms. The van der Waals surface area contributed by atoms with E-state index in [-0.39, 0.29) is 5.92 Å². The number of nitrogens with zero attached hydrogens (tertiary/aromatic N) is 2. The first kappa shape index (κ1) is 12.8. The number of halogens is 3. The Bertz CT molecular complexity index is 311. The Hall–Kier alpha value is -0.270. The molecule has 0 amide bonds. The van der Waals surface area contributed by atoms with E-state index in [0.717, 1.165) is 41.9 Å². The van der Waals surface area contributed by atoms with Gasteiger partial charge in [0.1, 0.15) is 0 Å². The van der Waals surface area contributed by atoms with Crippen LogP contribution in [0.25, 0.3) is 0 Å². The van der Waals surface area contributed by atoms with Crippen LogP contribution < -0.4 is 0 Å². The third kappa shape index (κ3) is 3.35. The minimum absolute atomic E-state index is 0.0926. The lowest BCUT2D eigenvalue weighted by Gasteiger charge is -2.07. The molecule has 1 aromatic heterocycles. The van der Waals surface area contributed by atoms with E-state index in [1.807, 2.05) is 13.8 Å². The van der Waals surface area contributed by atoms with Gasteiger partial charge >= 0.3 is 3.93 Å². The normalized spacial score (nSPS) is 14.2. The molecular weight excluding hydrogens is 317 g/mol. The van der Waals surface area contributed by atoms with Crippen molar-refractivity contribution in [3.8, 4) is 0 Å². The van der Waals surface area contributed by atoms with E-state index in [9.17, 15) is 8.78 Å². The molecule has 3 nitrogen and oxygen atoms in total. The van der Waals surface area contributed by atoms with E-state index in [0.29, 0.717) is 5.89 Å². The van der Waals surface area contributed by atoms with Gasteiger partial charge in [0.05, 0.1) is 0 Å². The number of hydrogen-bond donors (Lipinski definition) is 0. The fourth-order valence-electron chi connectivity index (χ4n) is 1.36. The van der Waals surface area contributed by atoms with Crippen molar-refractivity contribution in [3.05, 3.63) is 11.8 Å². The molecule has 1 unspecified atom stereocenters. The molecule has 0 fully saturated rings. The maximum Gasteiger partial charge on any atom is 0.371 e. The van der Waals surface area contributed by atoms with Gasteiger partial charge in [0.25, 0.3) is 5.89 Å². The van der Waals surface area contributed by atoms with Crippen molar-refractivity contribution in [2.75, 3.05) is 0 Å². The molecule has 1 heterocycles. The van der Waals surface area contributed by atoms with Crippen molar-refractivity contribution < 1.29 is 13.2 Å². The summed E-state index contributed by atoms with van der Waals surface area (Å²) in [5.41, 5.74) is 0. The summed E-state index contributed by atoms with van der Waals surface area (Å²) >= 11 is 0.983. The maximum absolute atomic E-state index is 12.8. The molecule has 86 valence electrons. The topological polar surface area (TPSA) is 38.9 Å². The Morgan fingerprint density at radius 3 is 2.47 bits per heavy atom. The number of aromatic nitrogens is 2. The molecule has 15 heavy (non-hydrogen) atoms. The van der Waals surface area contributed by atoms with Crippen molar-refractivity contribution in [1.29, 1.82) is 0 Å². The second-order valence-electron chi connectivity index (χ2n) is 3.34. The third-order valence-corrected chi connectivity index (χ3v) is 2.62. The van der Waals surface area contributed by atoms with Gasteiger partial charge in [-0.05, 0) is 12.8 Å². The summed E-state index contributed by atoms with van der Waals surface area (Å²) < 4.78 is 27.5. The lowest BCUT2D eigenvalue weighted by Crippen LogP contribution is -2.02. The minimum Gasteiger partial charge on any atom is -0.419 e. The fraction of sp³-hybridized carbons (Fsp3) is 0.778. The van der Waals surface area contributed by atoms with Gasteiger partial charge in [0.2, 0.25) is 5.89 Å². The summed E-state index contributed by atoms with van der Waals surface area (Å²) in [6.07, 6.45) is 2.67. The molecule has 0 aliphatic rings. The number of alkyl halides is 3. The van der Waals surface area contributed by atoms with Crippen LogP contribution in [0.4, 0.5) is 8.78 Å². The summed E-state index contributed by atoms with van der Waals surface area (Å²) in [6, 6.07) is 0. The van der Waals surface area contributed by atoms with Gasteiger partial charge in [0.15, 0.2) is 0 Å². The van der Waals surface area contributed by atoms with E-state index in [1.165, 1.54) is 0 Å². The van der Waals surface area contributed by atoms with Gasteiger partial charge in [-0.25, -0.2) is 0 Å². The predicted octanol–water partition coefficient (Wildman–Crippen LogP) is 3.85. The first-order chi connectivity index (χ1) is 6.99. The molecular formula is C9H13F2IN2O. The highest BCUT2D eigenvalue weighted by molar-refractivity contribution is 14.1. The van der Waals surface area contributed by atoms with Crippen molar-refractivity contribution in [3.63, 3.8) is 0 Å². The Morgan fingerprint density at radius 2 is 2.07 bits per heavy atom. The highest BCUT2D eigenvalue weighted by Gasteiger charge is 2.35. The third-order valence-electron chi connectivity index (χ3n) is 2.16. The van der Waals surface area contributed by atoms with Crippen LogP contribution in [0.2, 0.25) is 0 Å². The average molecular weight is 330 g/mol. The molecule has 0 saturated carbocycles. The van der Waals surface area contributed by atoms with Gasteiger partial charge in [-0.3, -0.25) is 0 Å². The molecule has 0 spiro atoms. The lowest BCUT2D eigenvalue weighted by atomic mass is 10.0. The van der Waals surface area contributed by atoms with Crippen molar-refractivity contribution in [2.24, 2.45) is 0 Å². The Labute approximate surface area is 101 Å². The maximum atomic E-state index is 12.8. The zero-order valence-corrected chi connectivity index (χ0v) is 10.8. The van der Waals surface area contributed by atoms with Crippen LogP contribution in [0.3, 0.4) is 0 Å². The second-order valence-corrected chi connectivity index (χ2v) is 4.69. The van der Waals surface area contributed by atoms with Gasteiger partial charge in [-0.2, -0.15) is 8.78 Å². The smallest absolute Gasteiger partial charge is 0.371 e. The van der Waals surface area contributed by atoms with E-state index in [2.05, 4.69) is 10.2 Å². The van der Waals surface area contributed by atoms with E-state index >= 15 is 0 Å². The molecule has 0 radical (unpaired) electrons. The predicted molar refractivity (Wildman–Crippen MR) is 60.2 cm³/mol. The highest BCUT2D eigenvalue weighted by Crippen LogP contribution is 2.35. The van der Waals surface area contributed by atoms with Gasteiger partial charge in [-0.1, -0.05) is 20.3 Å². The van der Waals surface area contributed by atoms with Gasteiger partial charge in [0, 0.05) is 28.5 Å². The Morgan fingerprint density at radius 1 is 1.40 bits per heavy atom. The van der Waals surface area contributed by atoms with Crippen LogP contribution >= 0.6 is 22.6 Å². The lowest BCUT2D eigenvalue weighted by molar-refractivity contribution is 0.0900. The van der Waals surface area contributed by atoms with Gasteiger partial charge < -0.3 is 4.42 Å². The standard InChI is InChI=1S/C9H13F2IN2O/c1-3-5-6(4-2)7-13-14-8(15-7)9(10,11)12/h6H,3-5H2,1-2H3. The molecule has 0 N–H and O–H groups in total. The largest absolute Gasteiger partial charge is 0.419 e. The fourth-order valence-corrected chi connectivity index (χ4v) is 1.58. The van der Waals surface area contributed by atoms with E-state index in [1.54, 1.807) is 0 Å². The molecule has 6 heteroatoms. The van der Waals surface area contributed by atoms with Crippen molar-refractivity contribution in [2.45, 2.75) is 43.0 Å². The Balaban J connectivity index is 2.82. The SMILES string of the molecule is CCCC(CC)c1nnc(C(F)(F)I)o1. The first-order valence-corrected chi connectivity index (χ1v) is 5.97. The van der Waals surface area contributed by atoms with Crippen molar-refractivity contribution in [1.82, 2.24) is 10.2 Å². The summed E-state index contributed by atoms with van der Waals surface area (Å²) in [7, 11) is 0. The molecule has 1 rings (SSSR count). The Kier molecular flexibility index (Phi) is 4.42. The monoisotopic (exact) mass is 330 g/mol. The van der Waals surface area contributed by atoms with Gasteiger partial charge in [-0.15, -0.1) is 10.2 Å². The summed E-state index contributed by atoms with van der Waals surface area (Å²) in [5, 5.41) is 7.04.